The second-order valence-corrected chi connectivity index (χ2v) is 9.49. The van der Waals surface area contributed by atoms with Gasteiger partial charge in [0, 0.05) is 27.8 Å². The molecule has 6 aromatic rings. The van der Waals surface area contributed by atoms with E-state index in [1.165, 1.54) is 60.4 Å². The van der Waals surface area contributed by atoms with Gasteiger partial charge in [0.25, 0.3) is 0 Å². The van der Waals surface area contributed by atoms with Crippen molar-refractivity contribution in [1.82, 2.24) is 4.57 Å². The van der Waals surface area contributed by atoms with E-state index in [4.69, 9.17) is 0 Å². The maximum atomic E-state index is 3.68. The SMILES string of the molecule is Cc1ccc2c(c1)c1c(-c3cccc(Br)c3)cc(-c3ccc4ccccc4c3)cc1n2C. The van der Waals surface area contributed by atoms with Gasteiger partial charge < -0.3 is 4.57 Å². The van der Waals surface area contributed by atoms with Crippen molar-refractivity contribution in [1.29, 1.82) is 0 Å². The molecule has 2 heteroatoms. The van der Waals surface area contributed by atoms with Crippen LogP contribution in [0, 0.1) is 6.92 Å². The van der Waals surface area contributed by atoms with E-state index in [0.29, 0.717) is 0 Å². The Bertz CT molecular complexity index is 1660. The average Bonchev–Trinajstić information content (AvgIpc) is 3.09. The Morgan fingerprint density at radius 2 is 1.47 bits per heavy atom. The molecule has 0 fully saturated rings. The minimum atomic E-state index is 1.09. The van der Waals surface area contributed by atoms with Crippen molar-refractivity contribution in [2.24, 2.45) is 7.05 Å². The topological polar surface area (TPSA) is 4.93 Å². The Hall–Kier alpha value is -3.36. The van der Waals surface area contributed by atoms with Gasteiger partial charge in [0.2, 0.25) is 0 Å². The minimum absolute atomic E-state index is 1.09. The van der Waals surface area contributed by atoms with Gasteiger partial charge in [-0.05, 0) is 82.4 Å². The average molecular weight is 476 g/mol. The summed E-state index contributed by atoms with van der Waals surface area (Å²) >= 11 is 3.68. The van der Waals surface area contributed by atoms with Crippen molar-refractivity contribution in [3.05, 3.63) is 107 Å². The number of rotatable bonds is 2. The highest BCUT2D eigenvalue weighted by Gasteiger charge is 2.16. The van der Waals surface area contributed by atoms with Crippen LogP contribution in [0.3, 0.4) is 0 Å². The molecular weight excluding hydrogens is 454 g/mol. The van der Waals surface area contributed by atoms with Crippen molar-refractivity contribution in [3.8, 4) is 22.3 Å². The number of benzene rings is 5. The van der Waals surface area contributed by atoms with E-state index in [1.807, 2.05) is 0 Å². The first kappa shape index (κ1) is 19.3. The van der Waals surface area contributed by atoms with Crippen LogP contribution in [0.4, 0.5) is 0 Å². The Morgan fingerprint density at radius 3 is 2.31 bits per heavy atom. The van der Waals surface area contributed by atoms with Crippen LogP contribution >= 0.6 is 15.9 Å². The molecule has 0 bridgehead atoms. The molecule has 0 saturated carbocycles. The zero-order valence-corrected chi connectivity index (χ0v) is 19.6. The summed E-state index contributed by atoms with van der Waals surface area (Å²) in [5, 5.41) is 5.16. The highest BCUT2D eigenvalue weighted by Crippen LogP contribution is 2.40. The van der Waals surface area contributed by atoms with Gasteiger partial charge in [-0.2, -0.15) is 0 Å². The highest BCUT2D eigenvalue weighted by atomic mass is 79.9. The van der Waals surface area contributed by atoms with Crippen molar-refractivity contribution in [2.75, 3.05) is 0 Å². The van der Waals surface area contributed by atoms with Crippen LogP contribution in [0.5, 0.6) is 0 Å². The molecule has 0 amide bonds. The quantitative estimate of drug-likeness (QED) is 0.235. The minimum Gasteiger partial charge on any atom is -0.344 e. The highest BCUT2D eigenvalue weighted by molar-refractivity contribution is 9.10. The molecule has 0 aliphatic rings. The third-order valence-corrected chi connectivity index (χ3v) is 6.97. The maximum absolute atomic E-state index is 3.68. The number of aromatic nitrogens is 1. The summed E-state index contributed by atoms with van der Waals surface area (Å²) in [4.78, 5) is 0. The molecule has 0 saturated heterocycles. The molecule has 0 aliphatic carbocycles. The molecule has 1 heterocycles. The Labute approximate surface area is 196 Å². The van der Waals surface area contributed by atoms with Crippen molar-refractivity contribution < 1.29 is 0 Å². The summed E-state index contributed by atoms with van der Waals surface area (Å²) in [7, 11) is 2.18. The van der Waals surface area contributed by atoms with Crippen LogP contribution in [0.1, 0.15) is 5.56 Å². The summed E-state index contributed by atoms with van der Waals surface area (Å²) in [5.74, 6) is 0. The zero-order valence-electron chi connectivity index (χ0n) is 18.1. The summed E-state index contributed by atoms with van der Waals surface area (Å²) in [6, 6.07) is 35.4. The van der Waals surface area contributed by atoms with Crippen LogP contribution in [-0.4, -0.2) is 4.57 Å². The van der Waals surface area contributed by atoms with Gasteiger partial charge in [-0.25, -0.2) is 0 Å². The summed E-state index contributed by atoms with van der Waals surface area (Å²) < 4.78 is 3.42. The van der Waals surface area contributed by atoms with Crippen molar-refractivity contribution in [3.63, 3.8) is 0 Å². The number of hydrogen-bond acceptors (Lipinski definition) is 0. The van der Waals surface area contributed by atoms with E-state index in [2.05, 4.69) is 132 Å². The first-order chi connectivity index (χ1) is 15.6. The van der Waals surface area contributed by atoms with Crippen LogP contribution in [0.25, 0.3) is 54.8 Å². The third-order valence-electron chi connectivity index (χ3n) is 6.48. The molecule has 1 aromatic heterocycles. The predicted octanol–water partition coefficient (Wildman–Crippen LogP) is 8.89. The van der Waals surface area contributed by atoms with Gasteiger partial charge in [0.05, 0.1) is 5.52 Å². The lowest BCUT2D eigenvalue weighted by Gasteiger charge is -2.11. The number of halogens is 1. The van der Waals surface area contributed by atoms with E-state index >= 15 is 0 Å². The van der Waals surface area contributed by atoms with Crippen LogP contribution in [0.2, 0.25) is 0 Å². The van der Waals surface area contributed by atoms with Crippen LogP contribution in [0.15, 0.2) is 102 Å². The molecule has 0 radical (unpaired) electrons. The fourth-order valence-electron chi connectivity index (χ4n) is 4.87. The lowest BCUT2D eigenvalue weighted by atomic mass is 9.93. The first-order valence-corrected chi connectivity index (χ1v) is 11.7. The van der Waals surface area contributed by atoms with E-state index < -0.39 is 0 Å². The number of hydrogen-bond donors (Lipinski definition) is 0. The van der Waals surface area contributed by atoms with Gasteiger partial charge in [0.1, 0.15) is 0 Å². The van der Waals surface area contributed by atoms with Gasteiger partial charge in [-0.3, -0.25) is 0 Å². The zero-order chi connectivity index (χ0) is 21.8. The van der Waals surface area contributed by atoms with Crippen molar-refractivity contribution in [2.45, 2.75) is 6.92 Å². The monoisotopic (exact) mass is 475 g/mol. The normalized spacial score (nSPS) is 11.6. The van der Waals surface area contributed by atoms with Crippen LogP contribution in [-0.2, 0) is 7.05 Å². The molecule has 0 aliphatic heterocycles. The maximum Gasteiger partial charge on any atom is 0.0501 e. The second kappa shape index (κ2) is 7.36. The second-order valence-electron chi connectivity index (χ2n) is 8.57. The molecular formula is C30H22BrN. The molecule has 0 unspecified atom stereocenters. The van der Waals surface area contributed by atoms with E-state index in [1.54, 1.807) is 0 Å². The van der Waals surface area contributed by atoms with E-state index in [0.717, 1.165) is 4.47 Å². The molecule has 154 valence electrons. The van der Waals surface area contributed by atoms with Crippen molar-refractivity contribution >= 4 is 48.5 Å². The Balaban J connectivity index is 1.72. The summed E-state index contributed by atoms with van der Waals surface area (Å²) in [5.41, 5.74) is 8.76. The third kappa shape index (κ3) is 3.06. The number of fused-ring (bicyclic) bond motifs is 4. The summed E-state index contributed by atoms with van der Waals surface area (Å²) in [6.45, 7) is 2.17. The molecule has 0 N–H and O–H groups in total. The molecule has 5 aromatic carbocycles. The molecule has 1 nitrogen and oxygen atoms in total. The van der Waals surface area contributed by atoms with Crippen LogP contribution < -0.4 is 0 Å². The standard InChI is InChI=1S/C30H22BrN/c1-19-10-13-28-27(14-19)30-26(23-8-5-9-25(31)16-23)17-24(18-29(30)32(28)2)22-12-11-20-6-3-4-7-21(20)15-22/h3-18H,1-2H3. The Morgan fingerprint density at radius 1 is 0.625 bits per heavy atom. The van der Waals surface area contributed by atoms with Gasteiger partial charge >= 0.3 is 0 Å². The fraction of sp³-hybridized carbons (Fsp3) is 0.0667. The number of nitrogens with zero attached hydrogens (tertiary/aromatic N) is 1. The number of aryl methyl sites for hydroxylation is 2. The Kier molecular flexibility index (Phi) is 4.44. The molecule has 0 spiro atoms. The summed E-state index contributed by atoms with van der Waals surface area (Å²) in [6.07, 6.45) is 0. The van der Waals surface area contributed by atoms with Gasteiger partial charge in [0.15, 0.2) is 0 Å². The molecule has 32 heavy (non-hydrogen) atoms. The van der Waals surface area contributed by atoms with E-state index in [9.17, 15) is 0 Å². The predicted molar refractivity (Wildman–Crippen MR) is 141 cm³/mol. The smallest absolute Gasteiger partial charge is 0.0501 e. The lowest BCUT2D eigenvalue weighted by Crippen LogP contribution is -1.89. The van der Waals surface area contributed by atoms with E-state index in [-0.39, 0.29) is 0 Å². The first-order valence-electron chi connectivity index (χ1n) is 10.9. The fourth-order valence-corrected chi connectivity index (χ4v) is 5.27. The molecule has 6 rings (SSSR count). The molecule has 0 atom stereocenters. The van der Waals surface area contributed by atoms with Gasteiger partial charge in [-0.15, -0.1) is 0 Å². The van der Waals surface area contributed by atoms with Gasteiger partial charge in [-0.1, -0.05) is 76.1 Å². The largest absolute Gasteiger partial charge is 0.344 e. The lowest BCUT2D eigenvalue weighted by molar-refractivity contribution is 1.01.